The molecule has 0 bridgehead atoms. The topological polar surface area (TPSA) is 34.1 Å². The summed E-state index contributed by atoms with van der Waals surface area (Å²) in [4.78, 5) is 4.56. The van der Waals surface area contributed by atoms with Gasteiger partial charge in [0, 0.05) is 28.3 Å². The van der Waals surface area contributed by atoms with Crippen LogP contribution in [0.4, 0.5) is 0 Å². The standard InChI is InChI=1S/C17H21BrN2O/c1-11(2)19-10-16-12(3)9-13(4)20-17(16)21-15-7-5-14(18)6-8-15/h5-9,11,19H,10H2,1-4H3. The average Bonchev–Trinajstić information content (AvgIpc) is 2.40. The Labute approximate surface area is 134 Å². The Morgan fingerprint density at radius 1 is 1.19 bits per heavy atom. The van der Waals surface area contributed by atoms with Crippen LogP contribution in [0.2, 0.25) is 0 Å². The number of rotatable bonds is 5. The molecule has 0 aliphatic rings. The quantitative estimate of drug-likeness (QED) is 0.846. The van der Waals surface area contributed by atoms with Gasteiger partial charge in [0.1, 0.15) is 5.75 Å². The summed E-state index contributed by atoms with van der Waals surface area (Å²) in [7, 11) is 0. The molecule has 0 radical (unpaired) electrons. The second-order valence-electron chi connectivity index (χ2n) is 5.46. The highest BCUT2D eigenvalue weighted by molar-refractivity contribution is 9.10. The zero-order valence-electron chi connectivity index (χ0n) is 12.9. The number of hydrogen-bond donors (Lipinski definition) is 1. The van der Waals surface area contributed by atoms with Crippen molar-refractivity contribution in [2.24, 2.45) is 0 Å². The predicted molar refractivity (Wildman–Crippen MR) is 89.9 cm³/mol. The molecule has 1 aromatic carbocycles. The van der Waals surface area contributed by atoms with Crippen molar-refractivity contribution < 1.29 is 4.74 Å². The molecule has 0 fully saturated rings. The molecule has 0 spiro atoms. The van der Waals surface area contributed by atoms with E-state index in [1.807, 2.05) is 31.2 Å². The zero-order valence-corrected chi connectivity index (χ0v) is 14.5. The van der Waals surface area contributed by atoms with Crippen molar-refractivity contribution in [1.82, 2.24) is 10.3 Å². The van der Waals surface area contributed by atoms with Crippen LogP contribution >= 0.6 is 15.9 Å². The SMILES string of the molecule is Cc1cc(C)c(CNC(C)C)c(Oc2ccc(Br)cc2)n1. The lowest BCUT2D eigenvalue weighted by Gasteiger charge is -2.16. The molecule has 0 saturated carbocycles. The van der Waals surface area contributed by atoms with E-state index in [1.54, 1.807) is 0 Å². The number of aromatic nitrogens is 1. The maximum absolute atomic E-state index is 5.99. The van der Waals surface area contributed by atoms with E-state index in [0.29, 0.717) is 11.9 Å². The van der Waals surface area contributed by atoms with Crippen LogP contribution in [0, 0.1) is 13.8 Å². The van der Waals surface area contributed by atoms with Gasteiger partial charge in [0.2, 0.25) is 5.88 Å². The lowest BCUT2D eigenvalue weighted by Crippen LogP contribution is -2.23. The first-order valence-corrected chi connectivity index (χ1v) is 7.89. The van der Waals surface area contributed by atoms with Crippen molar-refractivity contribution in [2.75, 3.05) is 0 Å². The normalized spacial score (nSPS) is 11.0. The van der Waals surface area contributed by atoms with E-state index in [-0.39, 0.29) is 0 Å². The van der Waals surface area contributed by atoms with Gasteiger partial charge in [0.15, 0.2) is 0 Å². The van der Waals surface area contributed by atoms with Crippen LogP contribution in [-0.4, -0.2) is 11.0 Å². The number of nitrogens with zero attached hydrogens (tertiary/aromatic N) is 1. The average molecular weight is 349 g/mol. The highest BCUT2D eigenvalue weighted by Crippen LogP contribution is 2.27. The Hall–Kier alpha value is -1.39. The van der Waals surface area contributed by atoms with Gasteiger partial charge in [0.25, 0.3) is 0 Å². The molecule has 2 rings (SSSR count). The molecule has 21 heavy (non-hydrogen) atoms. The van der Waals surface area contributed by atoms with E-state index < -0.39 is 0 Å². The fraction of sp³-hybridized carbons (Fsp3) is 0.353. The minimum Gasteiger partial charge on any atom is -0.439 e. The highest BCUT2D eigenvalue weighted by Gasteiger charge is 2.11. The van der Waals surface area contributed by atoms with E-state index in [0.717, 1.165) is 28.0 Å². The van der Waals surface area contributed by atoms with E-state index in [4.69, 9.17) is 4.74 Å². The van der Waals surface area contributed by atoms with Crippen molar-refractivity contribution in [3.8, 4) is 11.6 Å². The molecule has 0 unspecified atom stereocenters. The zero-order chi connectivity index (χ0) is 15.4. The summed E-state index contributed by atoms with van der Waals surface area (Å²) in [5.74, 6) is 1.48. The van der Waals surface area contributed by atoms with Gasteiger partial charge in [0.05, 0.1) is 0 Å². The van der Waals surface area contributed by atoms with Gasteiger partial charge in [-0.2, -0.15) is 0 Å². The first-order chi connectivity index (χ1) is 9.95. The van der Waals surface area contributed by atoms with Crippen LogP contribution in [-0.2, 0) is 6.54 Å². The number of hydrogen-bond acceptors (Lipinski definition) is 3. The van der Waals surface area contributed by atoms with Gasteiger partial charge in [-0.15, -0.1) is 0 Å². The summed E-state index contributed by atoms with van der Waals surface area (Å²) in [6, 6.07) is 10.3. The molecule has 3 nitrogen and oxygen atoms in total. The number of ether oxygens (including phenoxy) is 1. The minimum atomic E-state index is 0.422. The second kappa shape index (κ2) is 7.05. The van der Waals surface area contributed by atoms with Crippen molar-refractivity contribution in [3.05, 3.63) is 51.6 Å². The van der Waals surface area contributed by atoms with E-state index in [9.17, 15) is 0 Å². The molecular weight excluding hydrogens is 328 g/mol. The second-order valence-corrected chi connectivity index (χ2v) is 6.37. The van der Waals surface area contributed by atoms with Gasteiger partial charge >= 0.3 is 0 Å². The van der Waals surface area contributed by atoms with E-state index in [2.05, 4.69) is 53.1 Å². The number of halogens is 1. The highest BCUT2D eigenvalue weighted by atomic mass is 79.9. The van der Waals surface area contributed by atoms with E-state index >= 15 is 0 Å². The maximum atomic E-state index is 5.99. The van der Waals surface area contributed by atoms with Crippen LogP contribution in [0.3, 0.4) is 0 Å². The molecule has 1 aromatic heterocycles. The molecule has 1 heterocycles. The summed E-state index contributed by atoms with van der Waals surface area (Å²) in [5.41, 5.74) is 3.27. The molecule has 0 aliphatic heterocycles. The summed E-state index contributed by atoms with van der Waals surface area (Å²) in [5, 5.41) is 3.43. The first-order valence-electron chi connectivity index (χ1n) is 7.09. The van der Waals surface area contributed by atoms with E-state index in [1.165, 1.54) is 5.56 Å². The van der Waals surface area contributed by atoms with Crippen molar-refractivity contribution >= 4 is 15.9 Å². The molecule has 0 amide bonds. The fourth-order valence-corrected chi connectivity index (χ4v) is 2.31. The molecule has 0 aliphatic carbocycles. The van der Waals surface area contributed by atoms with Crippen molar-refractivity contribution in [2.45, 2.75) is 40.3 Å². The smallest absolute Gasteiger partial charge is 0.224 e. The maximum Gasteiger partial charge on any atom is 0.224 e. The minimum absolute atomic E-state index is 0.422. The lowest BCUT2D eigenvalue weighted by molar-refractivity contribution is 0.448. The predicted octanol–water partition coefficient (Wildman–Crippen LogP) is 4.75. The summed E-state index contributed by atoms with van der Waals surface area (Å²) in [6.07, 6.45) is 0. The number of aryl methyl sites for hydroxylation is 2. The summed E-state index contributed by atoms with van der Waals surface area (Å²) in [6.45, 7) is 9.10. The molecular formula is C17H21BrN2O. The van der Waals surface area contributed by atoms with Crippen molar-refractivity contribution in [1.29, 1.82) is 0 Å². The fourth-order valence-electron chi connectivity index (χ4n) is 2.05. The van der Waals surface area contributed by atoms with Crippen molar-refractivity contribution in [3.63, 3.8) is 0 Å². The number of pyridine rings is 1. The molecule has 4 heteroatoms. The third-order valence-corrected chi connectivity index (χ3v) is 3.68. The molecule has 0 saturated heterocycles. The monoisotopic (exact) mass is 348 g/mol. The Balaban J connectivity index is 2.29. The van der Waals surface area contributed by atoms with Gasteiger partial charge in [-0.1, -0.05) is 29.8 Å². The summed E-state index contributed by atoms with van der Waals surface area (Å²) < 4.78 is 7.02. The molecule has 0 atom stereocenters. The van der Waals surface area contributed by atoms with Gasteiger partial charge in [-0.3, -0.25) is 0 Å². The Morgan fingerprint density at radius 2 is 1.86 bits per heavy atom. The third kappa shape index (κ3) is 4.55. The Kier molecular flexibility index (Phi) is 5.37. The van der Waals surface area contributed by atoms with Gasteiger partial charge in [-0.25, -0.2) is 4.98 Å². The molecule has 1 N–H and O–H groups in total. The Bertz CT molecular complexity index is 609. The van der Waals surface area contributed by atoms with Gasteiger partial charge < -0.3 is 10.1 Å². The van der Waals surface area contributed by atoms with Gasteiger partial charge in [-0.05, 0) is 49.7 Å². The first kappa shape index (κ1) is 16.0. The molecule has 2 aromatic rings. The van der Waals surface area contributed by atoms with Crippen LogP contribution in [0.5, 0.6) is 11.6 Å². The number of nitrogens with one attached hydrogen (secondary N) is 1. The Morgan fingerprint density at radius 3 is 2.48 bits per heavy atom. The lowest BCUT2D eigenvalue weighted by atomic mass is 10.1. The number of benzene rings is 1. The molecule has 112 valence electrons. The van der Waals surface area contributed by atoms with Crippen LogP contribution in [0.15, 0.2) is 34.8 Å². The largest absolute Gasteiger partial charge is 0.439 e. The third-order valence-electron chi connectivity index (χ3n) is 3.15. The van der Waals surface area contributed by atoms with Crippen LogP contribution in [0.1, 0.15) is 30.7 Å². The summed E-state index contributed by atoms with van der Waals surface area (Å²) >= 11 is 3.43. The van der Waals surface area contributed by atoms with Crippen LogP contribution in [0.25, 0.3) is 0 Å². The van der Waals surface area contributed by atoms with Crippen LogP contribution < -0.4 is 10.1 Å².